The summed E-state index contributed by atoms with van der Waals surface area (Å²) >= 11 is 0. The van der Waals surface area contributed by atoms with E-state index in [-0.39, 0.29) is 18.2 Å². The van der Waals surface area contributed by atoms with Crippen LogP contribution >= 0.6 is 0 Å². The average molecular weight is 257 g/mol. The van der Waals surface area contributed by atoms with E-state index in [9.17, 15) is 9.59 Å². The zero-order chi connectivity index (χ0) is 13.5. The van der Waals surface area contributed by atoms with Crippen LogP contribution in [-0.4, -0.2) is 32.0 Å². The first-order chi connectivity index (χ1) is 9.09. The Morgan fingerprint density at radius 3 is 2.84 bits per heavy atom. The largest absolute Gasteiger partial charge is 0.296 e. The molecule has 0 spiro atoms. The summed E-state index contributed by atoms with van der Waals surface area (Å²) in [5.41, 5.74) is 0.681. The maximum Gasteiger partial charge on any atom is 0.237 e. The molecular weight excluding hydrogens is 246 g/mol. The number of benzene rings is 1. The third-order valence-electron chi connectivity index (χ3n) is 3.37. The number of hydrogen-bond donors (Lipinski definition) is 1. The van der Waals surface area contributed by atoms with Gasteiger partial charge in [0.25, 0.3) is 0 Å². The van der Waals surface area contributed by atoms with Gasteiger partial charge in [0.1, 0.15) is 6.33 Å². The van der Waals surface area contributed by atoms with Gasteiger partial charge in [-0.2, -0.15) is 0 Å². The summed E-state index contributed by atoms with van der Waals surface area (Å²) < 4.78 is 1.50. The lowest BCUT2D eigenvalue weighted by Crippen LogP contribution is -2.32. The molecule has 1 unspecified atom stereocenters. The van der Waals surface area contributed by atoms with Gasteiger partial charge in [-0.25, -0.2) is 4.68 Å². The average Bonchev–Trinajstić information content (AvgIpc) is 2.99. The van der Waals surface area contributed by atoms with E-state index in [4.69, 9.17) is 0 Å². The van der Waals surface area contributed by atoms with Crippen LogP contribution in [0.3, 0.4) is 0 Å². The lowest BCUT2D eigenvalue weighted by atomic mass is 9.81. The summed E-state index contributed by atoms with van der Waals surface area (Å²) in [6.07, 6.45) is 1.63. The second-order valence-electron chi connectivity index (χ2n) is 4.69. The van der Waals surface area contributed by atoms with Gasteiger partial charge in [-0.15, -0.1) is 5.10 Å². The van der Waals surface area contributed by atoms with Crippen molar-refractivity contribution >= 4 is 11.8 Å². The summed E-state index contributed by atoms with van der Waals surface area (Å²) in [4.78, 5) is 23.3. The fourth-order valence-corrected chi connectivity index (χ4v) is 2.21. The Labute approximate surface area is 108 Å². The number of nitrogens with one attached hydrogen (secondary N) is 1. The van der Waals surface area contributed by atoms with Crippen molar-refractivity contribution in [2.24, 2.45) is 0 Å². The Morgan fingerprint density at radius 1 is 1.37 bits per heavy atom. The molecule has 1 N–H and O–H groups in total. The van der Waals surface area contributed by atoms with E-state index in [2.05, 4.69) is 20.8 Å². The molecule has 0 radical (unpaired) electrons. The minimum absolute atomic E-state index is 0.158. The maximum absolute atomic E-state index is 11.9. The Kier molecular flexibility index (Phi) is 2.41. The third kappa shape index (κ3) is 1.79. The number of nitrogens with zero attached hydrogens (tertiary/aromatic N) is 4. The zero-order valence-corrected chi connectivity index (χ0v) is 10.2. The summed E-state index contributed by atoms with van der Waals surface area (Å²) in [5.74, 6) is -0.522. The van der Waals surface area contributed by atoms with Crippen LogP contribution in [0.15, 0.2) is 30.6 Å². The highest BCUT2D eigenvalue weighted by Crippen LogP contribution is 2.32. The fraction of sp³-hybridized carbons (Fsp3) is 0.250. The molecule has 7 heteroatoms. The minimum atomic E-state index is -0.832. The first-order valence-corrected chi connectivity index (χ1v) is 5.78. The molecule has 2 aromatic rings. The van der Waals surface area contributed by atoms with Gasteiger partial charge in [0, 0.05) is 6.42 Å². The number of rotatable bonds is 2. The van der Waals surface area contributed by atoms with Gasteiger partial charge in [-0.3, -0.25) is 14.9 Å². The molecule has 0 bridgehead atoms. The van der Waals surface area contributed by atoms with E-state index in [0.29, 0.717) is 0 Å². The first-order valence-electron chi connectivity index (χ1n) is 5.78. The molecule has 2 heterocycles. The Morgan fingerprint density at radius 2 is 2.21 bits per heavy atom. The SMILES string of the molecule is CC1(c2cccc(-n3cnnn3)c2)CC(=O)NC1=O. The molecule has 1 aromatic heterocycles. The molecule has 1 saturated heterocycles. The van der Waals surface area contributed by atoms with Crippen LogP contribution in [0.5, 0.6) is 0 Å². The van der Waals surface area contributed by atoms with Crippen LogP contribution in [0, 0.1) is 0 Å². The fourth-order valence-electron chi connectivity index (χ4n) is 2.21. The predicted octanol–water partition coefficient (Wildman–Crippen LogP) is -0.0335. The summed E-state index contributed by atoms with van der Waals surface area (Å²) in [6.45, 7) is 1.76. The summed E-state index contributed by atoms with van der Waals surface area (Å²) in [7, 11) is 0. The molecule has 1 aliphatic heterocycles. The predicted molar refractivity (Wildman–Crippen MR) is 64.3 cm³/mol. The van der Waals surface area contributed by atoms with Gasteiger partial charge in [0.05, 0.1) is 11.1 Å². The van der Waals surface area contributed by atoms with E-state index in [1.165, 1.54) is 11.0 Å². The molecule has 1 atom stereocenters. The Hall–Kier alpha value is -2.57. The highest BCUT2D eigenvalue weighted by atomic mass is 16.2. The van der Waals surface area contributed by atoms with Gasteiger partial charge in [0.2, 0.25) is 11.8 Å². The number of carbonyl (C=O) groups is 2. The first kappa shape index (κ1) is 11.5. The maximum atomic E-state index is 11.9. The van der Waals surface area contributed by atoms with Crippen molar-refractivity contribution in [2.45, 2.75) is 18.8 Å². The van der Waals surface area contributed by atoms with Crippen molar-refractivity contribution in [1.29, 1.82) is 0 Å². The van der Waals surface area contributed by atoms with Crippen molar-refractivity contribution < 1.29 is 9.59 Å². The van der Waals surface area contributed by atoms with Crippen molar-refractivity contribution in [3.8, 4) is 5.69 Å². The molecule has 2 amide bonds. The zero-order valence-electron chi connectivity index (χ0n) is 10.2. The Balaban J connectivity index is 2.05. The quantitative estimate of drug-likeness (QED) is 0.763. The normalized spacial score (nSPS) is 22.6. The number of carbonyl (C=O) groups excluding carboxylic acids is 2. The molecular formula is C12H11N5O2. The number of imide groups is 1. The van der Waals surface area contributed by atoms with Crippen molar-refractivity contribution in [3.05, 3.63) is 36.2 Å². The summed E-state index contributed by atoms with van der Waals surface area (Å²) in [6, 6.07) is 7.28. The van der Waals surface area contributed by atoms with E-state index in [0.717, 1.165) is 11.3 Å². The smallest absolute Gasteiger partial charge is 0.237 e. The van der Waals surface area contributed by atoms with Crippen LogP contribution in [0.4, 0.5) is 0 Å². The number of tetrazole rings is 1. The molecule has 1 fully saturated rings. The van der Waals surface area contributed by atoms with Gasteiger partial charge in [-0.1, -0.05) is 12.1 Å². The van der Waals surface area contributed by atoms with Crippen LogP contribution in [0.1, 0.15) is 18.9 Å². The number of amides is 2. The van der Waals surface area contributed by atoms with Crippen LogP contribution in [0.25, 0.3) is 5.69 Å². The van der Waals surface area contributed by atoms with Gasteiger partial charge < -0.3 is 0 Å². The van der Waals surface area contributed by atoms with Gasteiger partial charge in [-0.05, 0) is 35.0 Å². The topological polar surface area (TPSA) is 89.8 Å². The van der Waals surface area contributed by atoms with E-state index >= 15 is 0 Å². The monoisotopic (exact) mass is 257 g/mol. The molecule has 19 heavy (non-hydrogen) atoms. The number of hydrogen-bond acceptors (Lipinski definition) is 5. The van der Waals surface area contributed by atoms with Crippen LogP contribution < -0.4 is 5.32 Å². The van der Waals surface area contributed by atoms with E-state index in [1.807, 2.05) is 24.3 Å². The second-order valence-corrected chi connectivity index (χ2v) is 4.69. The molecule has 96 valence electrons. The van der Waals surface area contributed by atoms with E-state index < -0.39 is 5.41 Å². The highest BCUT2D eigenvalue weighted by Gasteiger charge is 2.44. The molecule has 1 aromatic carbocycles. The minimum Gasteiger partial charge on any atom is -0.296 e. The second kappa shape index (κ2) is 3.98. The molecule has 1 aliphatic rings. The van der Waals surface area contributed by atoms with Gasteiger partial charge in [0.15, 0.2) is 0 Å². The van der Waals surface area contributed by atoms with Crippen molar-refractivity contribution in [3.63, 3.8) is 0 Å². The molecule has 3 rings (SSSR count). The lowest BCUT2D eigenvalue weighted by Gasteiger charge is -2.20. The van der Waals surface area contributed by atoms with Crippen LogP contribution in [0.2, 0.25) is 0 Å². The molecule has 0 saturated carbocycles. The third-order valence-corrected chi connectivity index (χ3v) is 3.37. The Bertz CT molecular complexity index is 652. The van der Waals surface area contributed by atoms with Crippen molar-refractivity contribution in [2.75, 3.05) is 0 Å². The van der Waals surface area contributed by atoms with Gasteiger partial charge >= 0.3 is 0 Å². The van der Waals surface area contributed by atoms with Crippen molar-refractivity contribution in [1.82, 2.24) is 25.5 Å². The summed E-state index contributed by atoms with van der Waals surface area (Å²) in [5, 5.41) is 13.3. The standard InChI is InChI=1S/C12H11N5O2/c1-12(6-10(18)14-11(12)19)8-3-2-4-9(5-8)17-7-13-15-16-17/h2-5,7H,6H2,1H3,(H,14,18,19). The lowest BCUT2D eigenvalue weighted by molar-refractivity contribution is -0.126. The van der Waals surface area contributed by atoms with Crippen LogP contribution in [-0.2, 0) is 15.0 Å². The molecule has 0 aliphatic carbocycles. The van der Waals surface area contributed by atoms with E-state index in [1.54, 1.807) is 6.92 Å². The molecule has 7 nitrogen and oxygen atoms in total. The number of aromatic nitrogens is 4. The highest BCUT2D eigenvalue weighted by molar-refractivity contribution is 6.08.